The van der Waals surface area contributed by atoms with Gasteiger partial charge in [0.25, 0.3) is 0 Å². The SMILES string of the molecule is CS(=O)(=O)C1CCCC(N2CCCC(C(N)=NO)C2)C1. The fourth-order valence-electron chi connectivity index (χ4n) is 3.50. The maximum Gasteiger partial charge on any atom is 0.150 e. The van der Waals surface area contributed by atoms with Crippen LogP contribution in [0.4, 0.5) is 0 Å². The molecule has 1 aliphatic carbocycles. The molecule has 6 nitrogen and oxygen atoms in total. The monoisotopic (exact) mass is 303 g/mol. The molecule has 1 heterocycles. The van der Waals surface area contributed by atoms with E-state index in [1.807, 2.05) is 0 Å². The van der Waals surface area contributed by atoms with E-state index in [-0.39, 0.29) is 11.2 Å². The minimum absolute atomic E-state index is 0.0901. The van der Waals surface area contributed by atoms with E-state index in [9.17, 15) is 8.42 Å². The molecule has 2 fully saturated rings. The van der Waals surface area contributed by atoms with Crippen LogP contribution in [-0.2, 0) is 9.84 Å². The summed E-state index contributed by atoms with van der Waals surface area (Å²) >= 11 is 0. The van der Waals surface area contributed by atoms with Crippen molar-refractivity contribution in [3.05, 3.63) is 0 Å². The first-order valence-electron chi connectivity index (χ1n) is 7.32. The van der Waals surface area contributed by atoms with E-state index in [0.29, 0.717) is 11.9 Å². The minimum Gasteiger partial charge on any atom is -0.409 e. The van der Waals surface area contributed by atoms with E-state index in [1.54, 1.807) is 0 Å². The fraction of sp³-hybridized carbons (Fsp3) is 0.923. The third kappa shape index (κ3) is 3.63. The first kappa shape index (κ1) is 15.6. The van der Waals surface area contributed by atoms with Crippen LogP contribution in [-0.4, -0.2) is 55.0 Å². The van der Waals surface area contributed by atoms with Crippen LogP contribution in [0.3, 0.4) is 0 Å². The topological polar surface area (TPSA) is 96.0 Å². The van der Waals surface area contributed by atoms with E-state index in [2.05, 4.69) is 10.1 Å². The number of hydrogen-bond acceptors (Lipinski definition) is 5. The molecular formula is C13H25N3O3S. The Hall–Kier alpha value is -0.820. The van der Waals surface area contributed by atoms with Gasteiger partial charge in [0.1, 0.15) is 15.7 Å². The molecule has 0 spiro atoms. The van der Waals surface area contributed by atoms with Crippen LogP contribution in [0, 0.1) is 5.92 Å². The van der Waals surface area contributed by atoms with Crippen LogP contribution in [0.2, 0.25) is 0 Å². The van der Waals surface area contributed by atoms with E-state index < -0.39 is 9.84 Å². The lowest BCUT2D eigenvalue weighted by atomic mass is 9.89. The summed E-state index contributed by atoms with van der Waals surface area (Å²) in [7, 11) is -2.95. The fourth-order valence-corrected chi connectivity index (χ4v) is 4.67. The highest BCUT2D eigenvalue weighted by Gasteiger charge is 2.34. The van der Waals surface area contributed by atoms with E-state index in [4.69, 9.17) is 10.9 Å². The van der Waals surface area contributed by atoms with Crippen molar-refractivity contribution in [1.82, 2.24) is 4.90 Å². The Kier molecular flexibility index (Phi) is 4.90. The van der Waals surface area contributed by atoms with Crippen molar-refractivity contribution >= 4 is 15.7 Å². The number of oxime groups is 1. The van der Waals surface area contributed by atoms with Crippen LogP contribution in [0.5, 0.6) is 0 Å². The second kappa shape index (κ2) is 6.30. The molecule has 3 N–H and O–H groups in total. The third-order valence-electron chi connectivity index (χ3n) is 4.71. The van der Waals surface area contributed by atoms with Gasteiger partial charge in [-0.25, -0.2) is 8.42 Å². The van der Waals surface area contributed by atoms with Crippen LogP contribution >= 0.6 is 0 Å². The van der Waals surface area contributed by atoms with Crippen LogP contribution < -0.4 is 5.73 Å². The molecule has 0 bridgehead atoms. The van der Waals surface area contributed by atoms with Crippen molar-refractivity contribution in [2.45, 2.75) is 49.8 Å². The Morgan fingerprint density at radius 3 is 2.70 bits per heavy atom. The number of nitrogens with zero attached hydrogens (tertiary/aromatic N) is 2. The Labute approximate surface area is 120 Å². The summed E-state index contributed by atoms with van der Waals surface area (Å²) in [6, 6.07) is 0.317. The summed E-state index contributed by atoms with van der Waals surface area (Å²) < 4.78 is 23.5. The number of hydrogen-bond donors (Lipinski definition) is 2. The normalized spacial score (nSPS) is 34.0. The van der Waals surface area contributed by atoms with Gasteiger partial charge in [-0.1, -0.05) is 11.6 Å². The van der Waals surface area contributed by atoms with Crippen molar-refractivity contribution in [3.8, 4) is 0 Å². The first-order valence-corrected chi connectivity index (χ1v) is 9.27. The minimum atomic E-state index is -2.95. The molecule has 2 aliphatic rings. The van der Waals surface area contributed by atoms with Gasteiger partial charge in [0.05, 0.1) is 5.25 Å². The van der Waals surface area contributed by atoms with Gasteiger partial charge in [-0.15, -0.1) is 0 Å². The first-order chi connectivity index (χ1) is 9.41. The summed E-state index contributed by atoms with van der Waals surface area (Å²) in [6.07, 6.45) is 6.82. The van der Waals surface area contributed by atoms with Gasteiger partial charge in [0.15, 0.2) is 0 Å². The lowest BCUT2D eigenvalue weighted by Crippen LogP contribution is -2.49. The number of likely N-dealkylation sites (tertiary alicyclic amines) is 1. The van der Waals surface area contributed by atoms with E-state index >= 15 is 0 Å². The van der Waals surface area contributed by atoms with Gasteiger partial charge in [-0.3, -0.25) is 4.90 Å². The highest BCUT2D eigenvalue weighted by Crippen LogP contribution is 2.30. The van der Waals surface area contributed by atoms with Gasteiger partial charge in [0.2, 0.25) is 0 Å². The zero-order valence-electron chi connectivity index (χ0n) is 12.0. The molecule has 3 unspecified atom stereocenters. The standard InChI is InChI=1S/C13H25N3O3S/c1-20(18,19)12-6-2-5-11(8-12)16-7-3-4-10(9-16)13(14)15-17/h10-12,17H,2-9H2,1H3,(H2,14,15). The van der Waals surface area contributed by atoms with Gasteiger partial charge in [-0.05, 0) is 38.6 Å². The summed E-state index contributed by atoms with van der Waals surface area (Å²) in [4.78, 5) is 2.34. The quantitative estimate of drug-likeness (QED) is 0.348. The van der Waals surface area contributed by atoms with Crippen LogP contribution in [0.15, 0.2) is 5.16 Å². The van der Waals surface area contributed by atoms with Crippen molar-refractivity contribution in [3.63, 3.8) is 0 Å². The highest BCUT2D eigenvalue weighted by molar-refractivity contribution is 7.91. The number of rotatable bonds is 3. The summed E-state index contributed by atoms with van der Waals surface area (Å²) in [5, 5.41) is 11.7. The third-order valence-corrected chi connectivity index (χ3v) is 6.35. The summed E-state index contributed by atoms with van der Waals surface area (Å²) in [5.41, 5.74) is 5.71. The zero-order valence-corrected chi connectivity index (χ0v) is 12.8. The average molecular weight is 303 g/mol. The number of amidine groups is 1. The molecule has 20 heavy (non-hydrogen) atoms. The predicted octanol–water partition coefficient (Wildman–Crippen LogP) is 0.801. The molecule has 1 saturated carbocycles. The Morgan fingerprint density at radius 1 is 1.30 bits per heavy atom. The molecule has 116 valence electrons. The molecule has 1 aliphatic heterocycles. The molecular weight excluding hydrogens is 278 g/mol. The lowest BCUT2D eigenvalue weighted by Gasteiger charge is -2.41. The number of piperidine rings is 1. The van der Waals surface area contributed by atoms with Crippen molar-refractivity contribution < 1.29 is 13.6 Å². The van der Waals surface area contributed by atoms with Crippen molar-refractivity contribution in [2.75, 3.05) is 19.3 Å². The number of nitrogens with two attached hydrogens (primary N) is 1. The Balaban J connectivity index is 2.00. The Bertz CT molecular complexity index is 463. The molecule has 0 aromatic heterocycles. The lowest BCUT2D eigenvalue weighted by molar-refractivity contribution is 0.116. The molecule has 0 aromatic carbocycles. The Morgan fingerprint density at radius 2 is 2.05 bits per heavy atom. The van der Waals surface area contributed by atoms with Crippen LogP contribution in [0.1, 0.15) is 38.5 Å². The van der Waals surface area contributed by atoms with E-state index in [1.165, 1.54) is 6.26 Å². The zero-order chi connectivity index (χ0) is 14.8. The van der Waals surface area contributed by atoms with Gasteiger partial charge < -0.3 is 10.9 Å². The summed E-state index contributed by atoms with van der Waals surface area (Å²) in [6.45, 7) is 1.76. The van der Waals surface area contributed by atoms with E-state index in [0.717, 1.165) is 51.6 Å². The molecule has 7 heteroatoms. The van der Waals surface area contributed by atoms with Gasteiger partial charge in [0, 0.05) is 24.8 Å². The van der Waals surface area contributed by atoms with Gasteiger partial charge >= 0.3 is 0 Å². The second-order valence-electron chi connectivity index (χ2n) is 6.13. The molecule has 0 radical (unpaired) electrons. The maximum atomic E-state index is 11.7. The molecule has 1 saturated heterocycles. The van der Waals surface area contributed by atoms with Crippen molar-refractivity contribution in [2.24, 2.45) is 16.8 Å². The maximum absolute atomic E-state index is 11.7. The largest absolute Gasteiger partial charge is 0.409 e. The smallest absolute Gasteiger partial charge is 0.150 e. The number of sulfone groups is 1. The van der Waals surface area contributed by atoms with Crippen LogP contribution in [0.25, 0.3) is 0 Å². The second-order valence-corrected chi connectivity index (χ2v) is 8.46. The molecule has 2 rings (SSSR count). The summed E-state index contributed by atoms with van der Waals surface area (Å²) in [5.74, 6) is 0.387. The molecule has 0 amide bonds. The predicted molar refractivity (Wildman–Crippen MR) is 78.6 cm³/mol. The average Bonchev–Trinajstić information content (AvgIpc) is 2.46. The molecule has 3 atom stereocenters. The molecule has 0 aromatic rings. The highest BCUT2D eigenvalue weighted by atomic mass is 32.2. The van der Waals surface area contributed by atoms with Gasteiger partial charge in [-0.2, -0.15) is 0 Å². The van der Waals surface area contributed by atoms with Crippen molar-refractivity contribution in [1.29, 1.82) is 0 Å².